The van der Waals surface area contributed by atoms with Gasteiger partial charge in [-0.1, -0.05) is 18.7 Å². The van der Waals surface area contributed by atoms with Gasteiger partial charge in [-0.25, -0.2) is 0 Å². The summed E-state index contributed by atoms with van der Waals surface area (Å²) in [6, 6.07) is 7.24. The Kier molecular flexibility index (Phi) is 5.53. The first-order valence-electron chi connectivity index (χ1n) is 10.3. The molecule has 2 amide bonds. The minimum atomic E-state index is -0.267. The van der Waals surface area contributed by atoms with Crippen molar-refractivity contribution in [3.63, 3.8) is 0 Å². The summed E-state index contributed by atoms with van der Waals surface area (Å²) in [6.45, 7) is 5.80. The molecule has 2 N–H and O–H groups in total. The second kappa shape index (κ2) is 8.26. The zero-order valence-corrected chi connectivity index (χ0v) is 16.9. The molecule has 156 valence electrons. The minimum absolute atomic E-state index is 0.131. The molecule has 0 radical (unpaired) electrons. The number of aromatic nitrogens is 1. The van der Waals surface area contributed by atoms with Crippen LogP contribution in [0.25, 0.3) is 6.08 Å². The number of nitrogens with zero attached hydrogens (tertiary/aromatic N) is 2. The molecular weight excluding hydrogens is 380 g/mol. The average Bonchev–Trinajstić information content (AvgIpc) is 3.25. The summed E-state index contributed by atoms with van der Waals surface area (Å²) in [6.07, 6.45) is 7.73. The van der Waals surface area contributed by atoms with E-state index >= 15 is 0 Å². The van der Waals surface area contributed by atoms with E-state index in [-0.39, 0.29) is 23.0 Å². The van der Waals surface area contributed by atoms with Gasteiger partial charge in [-0.2, -0.15) is 0 Å². The Morgan fingerprint density at radius 1 is 1.37 bits per heavy atom. The highest BCUT2D eigenvalue weighted by atomic mass is 16.4. The standard InChI is InChI=1S/C23H26N4O3/c1-2-16-11-19(30-20(16)14-24)22(29)26-15-17-13-23(17)6-9-27(10-7-23)21(28)12-18-5-3-4-8-25-18/h2-5,8,11,14,17,24H,1,6-7,9-10,12-13,15H2,(H,26,29). The Morgan fingerprint density at radius 2 is 2.17 bits per heavy atom. The molecule has 2 aromatic heterocycles. The maximum Gasteiger partial charge on any atom is 0.287 e. The number of hydrogen-bond acceptors (Lipinski definition) is 5. The van der Waals surface area contributed by atoms with Crippen LogP contribution in [0.2, 0.25) is 0 Å². The van der Waals surface area contributed by atoms with Crippen LogP contribution >= 0.6 is 0 Å². The Labute approximate surface area is 175 Å². The summed E-state index contributed by atoms with van der Waals surface area (Å²) in [4.78, 5) is 31.1. The number of nitrogens with one attached hydrogen (secondary N) is 2. The third-order valence-electron chi connectivity index (χ3n) is 6.40. The lowest BCUT2D eigenvalue weighted by Crippen LogP contribution is -2.41. The summed E-state index contributed by atoms with van der Waals surface area (Å²) in [7, 11) is 0. The lowest BCUT2D eigenvalue weighted by Gasteiger charge is -2.33. The molecule has 7 heteroatoms. The van der Waals surface area contributed by atoms with E-state index < -0.39 is 0 Å². The van der Waals surface area contributed by atoms with Crippen molar-refractivity contribution in [2.24, 2.45) is 11.3 Å². The quantitative estimate of drug-likeness (QED) is 0.691. The molecule has 7 nitrogen and oxygen atoms in total. The summed E-state index contributed by atoms with van der Waals surface area (Å²) >= 11 is 0. The van der Waals surface area contributed by atoms with Gasteiger partial charge in [0.25, 0.3) is 5.91 Å². The van der Waals surface area contributed by atoms with Crippen molar-refractivity contribution >= 4 is 24.1 Å². The molecule has 4 rings (SSSR count). The van der Waals surface area contributed by atoms with Gasteiger partial charge in [0.1, 0.15) is 0 Å². The van der Waals surface area contributed by atoms with Crippen LogP contribution in [-0.2, 0) is 11.2 Å². The highest BCUT2D eigenvalue weighted by molar-refractivity contribution is 5.94. The van der Waals surface area contributed by atoms with Gasteiger partial charge in [0.15, 0.2) is 11.5 Å². The lowest BCUT2D eigenvalue weighted by molar-refractivity contribution is -0.132. The van der Waals surface area contributed by atoms with Crippen LogP contribution in [0.15, 0.2) is 41.5 Å². The normalized spacial score (nSPS) is 19.3. The number of hydrogen-bond donors (Lipinski definition) is 2. The van der Waals surface area contributed by atoms with Gasteiger partial charge in [-0.05, 0) is 48.8 Å². The summed E-state index contributed by atoms with van der Waals surface area (Å²) in [5.74, 6) is 0.836. The number of carbonyl (C=O) groups excluding carboxylic acids is 2. The molecule has 1 aliphatic carbocycles. The fourth-order valence-electron chi connectivity index (χ4n) is 4.41. The van der Waals surface area contributed by atoms with Gasteiger partial charge < -0.3 is 20.0 Å². The summed E-state index contributed by atoms with van der Waals surface area (Å²) < 4.78 is 5.42. The van der Waals surface area contributed by atoms with Crippen molar-refractivity contribution in [2.45, 2.75) is 25.7 Å². The van der Waals surface area contributed by atoms with E-state index in [0.717, 1.165) is 44.3 Å². The van der Waals surface area contributed by atoms with Crippen molar-refractivity contribution in [1.29, 1.82) is 5.41 Å². The molecule has 30 heavy (non-hydrogen) atoms. The molecule has 1 atom stereocenters. The highest BCUT2D eigenvalue weighted by Crippen LogP contribution is 2.59. The smallest absolute Gasteiger partial charge is 0.287 e. The monoisotopic (exact) mass is 406 g/mol. The Balaban J connectivity index is 1.24. The number of piperidine rings is 1. The first kappa shape index (κ1) is 20.1. The zero-order chi connectivity index (χ0) is 21.1. The highest BCUT2D eigenvalue weighted by Gasteiger charge is 2.54. The molecule has 2 fully saturated rings. The first-order chi connectivity index (χ1) is 14.5. The first-order valence-corrected chi connectivity index (χ1v) is 10.3. The molecule has 2 aromatic rings. The van der Waals surface area contributed by atoms with Crippen molar-refractivity contribution in [2.75, 3.05) is 19.6 Å². The molecule has 1 saturated carbocycles. The van der Waals surface area contributed by atoms with Gasteiger partial charge in [0.2, 0.25) is 5.91 Å². The van der Waals surface area contributed by atoms with E-state index in [2.05, 4.69) is 16.9 Å². The van der Waals surface area contributed by atoms with E-state index in [0.29, 0.717) is 30.2 Å². The lowest BCUT2D eigenvalue weighted by atomic mass is 9.90. The average molecular weight is 406 g/mol. The van der Waals surface area contributed by atoms with E-state index in [1.807, 2.05) is 23.1 Å². The third kappa shape index (κ3) is 4.06. The van der Waals surface area contributed by atoms with E-state index in [9.17, 15) is 9.59 Å². The van der Waals surface area contributed by atoms with Gasteiger partial charge in [0.05, 0.1) is 12.6 Å². The zero-order valence-electron chi connectivity index (χ0n) is 16.9. The van der Waals surface area contributed by atoms with Gasteiger partial charge in [-0.15, -0.1) is 0 Å². The van der Waals surface area contributed by atoms with E-state index in [1.54, 1.807) is 18.3 Å². The molecule has 2 aliphatic rings. The number of likely N-dealkylation sites (tertiary alicyclic amines) is 1. The summed E-state index contributed by atoms with van der Waals surface area (Å²) in [5, 5.41) is 10.3. The SMILES string of the molecule is C=Cc1cc(C(=O)NCC2CC23CCN(C(=O)Cc2ccccn2)CC3)oc1C=N. The number of furan rings is 1. The minimum Gasteiger partial charge on any atom is -0.449 e. The van der Waals surface area contributed by atoms with Crippen molar-refractivity contribution < 1.29 is 14.0 Å². The Morgan fingerprint density at radius 3 is 2.80 bits per heavy atom. The Hall–Kier alpha value is -3.22. The maximum atomic E-state index is 12.5. The topological polar surface area (TPSA) is 99.3 Å². The maximum absolute atomic E-state index is 12.5. The van der Waals surface area contributed by atoms with E-state index in [4.69, 9.17) is 9.83 Å². The van der Waals surface area contributed by atoms with Crippen LogP contribution in [0.4, 0.5) is 0 Å². The van der Waals surface area contributed by atoms with Gasteiger partial charge >= 0.3 is 0 Å². The van der Waals surface area contributed by atoms with E-state index in [1.165, 1.54) is 0 Å². The molecule has 0 aromatic carbocycles. The molecule has 1 unspecified atom stereocenters. The largest absolute Gasteiger partial charge is 0.449 e. The second-order valence-corrected chi connectivity index (χ2v) is 8.13. The molecule has 1 aliphatic heterocycles. The van der Waals surface area contributed by atoms with Crippen LogP contribution in [0, 0.1) is 16.7 Å². The number of rotatable bonds is 7. The van der Waals surface area contributed by atoms with Crippen molar-refractivity contribution in [3.05, 3.63) is 59.8 Å². The third-order valence-corrected chi connectivity index (χ3v) is 6.40. The predicted molar refractivity (Wildman–Crippen MR) is 113 cm³/mol. The number of amides is 2. The van der Waals surface area contributed by atoms with Crippen LogP contribution < -0.4 is 5.32 Å². The van der Waals surface area contributed by atoms with Crippen molar-refractivity contribution in [3.8, 4) is 0 Å². The molecule has 1 saturated heterocycles. The molecule has 1 spiro atoms. The molecule has 3 heterocycles. The molecular formula is C23H26N4O3. The van der Waals surface area contributed by atoms with Crippen LogP contribution in [0.1, 0.15) is 46.8 Å². The van der Waals surface area contributed by atoms with Crippen LogP contribution in [0.3, 0.4) is 0 Å². The second-order valence-electron chi connectivity index (χ2n) is 8.13. The van der Waals surface area contributed by atoms with Crippen molar-refractivity contribution in [1.82, 2.24) is 15.2 Å². The number of carbonyl (C=O) groups is 2. The Bertz CT molecular complexity index is 933. The molecule has 0 bridgehead atoms. The van der Waals surface area contributed by atoms with Crippen LogP contribution in [-0.4, -0.2) is 47.5 Å². The number of pyridine rings is 1. The van der Waals surface area contributed by atoms with Gasteiger partial charge in [0, 0.05) is 37.1 Å². The predicted octanol–water partition coefficient (Wildman–Crippen LogP) is 2.92. The fraction of sp³-hybridized carbons (Fsp3) is 0.391. The summed E-state index contributed by atoms with van der Waals surface area (Å²) in [5.41, 5.74) is 1.68. The fourth-order valence-corrected chi connectivity index (χ4v) is 4.41. The van der Waals surface area contributed by atoms with Gasteiger partial charge in [-0.3, -0.25) is 14.6 Å². The van der Waals surface area contributed by atoms with Crippen LogP contribution in [0.5, 0.6) is 0 Å².